The topological polar surface area (TPSA) is 393 Å². The number of aliphatic carboxylic acids is 6. The van der Waals surface area contributed by atoms with Crippen LogP contribution < -0.4 is 9.97 Å². The molecule has 0 aliphatic carbocycles. The first-order valence-electron chi connectivity index (χ1n) is 29.5. The van der Waals surface area contributed by atoms with Gasteiger partial charge >= 0.3 is 61.3 Å². The fraction of sp³-hybridized carbons (Fsp3) is 0.369. The molecule has 0 spiro atoms. The van der Waals surface area contributed by atoms with Gasteiger partial charge in [-0.1, -0.05) is 59.7 Å². The van der Waals surface area contributed by atoms with E-state index in [4.69, 9.17) is 44.7 Å². The monoisotopic (exact) mass is 1290 g/mol. The Labute approximate surface area is 531 Å². The fourth-order valence-electron chi connectivity index (χ4n) is 11.3. The van der Waals surface area contributed by atoms with Crippen LogP contribution in [0.5, 0.6) is 0 Å². The summed E-state index contributed by atoms with van der Waals surface area (Å²) in [6.07, 6.45) is 0.916. The second-order valence-corrected chi connectivity index (χ2v) is 23.8. The zero-order chi connectivity index (χ0) is 64.7. The van der Waals surface area contributed by atoms with Gasteiger partial charge in [0.1, 0.15) is 0 Å². The van der Waals surface area contributed by atoms with E-state index in [2.05, 4.69) is 0 Å². The Morgan fingerprint density at radius 2 is 0.725 bits per heavy atom. The van der Waals surface area contributed by atoms with Gasteiger partial charge in [0.15, 0.2) is 0 Å². The first-order chi connectivity index (χ1) is 42.7. The molecule has 6 N–H and O–H groups in total. The van der Waals surface area contributed by atoms with Crippen molar-refractivity contribution in [2.45, 2.75) is 119 Å². The Kier molecular flexibility index (Phi) is 19.3. The SMILES string of the molecule is CC(Cc1cc2c(cc1CC(C)C(=O)O)-c1nc-2nc2[n-]c(nc3nc(nc4[n-]c(n1)c1cc(CC(C)C(=O)O)c(CC(C)C(=O)O)cc41)-c1cc(CC(C)C(=O)O)c(CC(C)C(=O)O)cc1-3)c1cc(CCCCC(=O)ON3C(=O)CCC3=O)ccc21)C(=O)O.[Zn+2]. The van der Waals surface area contributed by atoms with Gasteiger partial charge < -0.3 is 65.4 Å². The summed E-state index contributed by atoms with van der Waals surface area (Å²) < 4.78 is 0. The third-order valence-electron chi connectivity index (χ3n) is 16.7. The van der Waals surface area contributed by atoms with Crippen LogP contribution in [-0.2, 0) is 112 Å². The van der Waals surface area contributed by atoms with E-state index < -0.39 is 89.1 Å². The van der Waals surface area contributed by atoms with Crippen LogP contribution in [0, 0.1) is 35.5 Å². The van der Waals surface area contributed by atoms with Gasteiger partial charge in [-0.25, -0.2) is 14.8 Å². The number of aromatic nitrogens is 8. The molecule has 466 valence electrons. The fourth-order valence-corrected chi connectivity index (χ4v) is 11.3. The van der Waals surface area contributed by atoms with Gasteiger partial charge in [-0.3, -0.25) is 38.4 Å². The number of benzene rings is 4. The van der Waals surface area contributed by atoms with Gasteiger partial charge in [0.05, 0.1) is 58.8 Å². The van der Waals surface area contributed by atoms with Crippen LogP contribution in [-0.4, -0.2) is 119 Å². The van der Waals surface area contributed by atoms with Crippen molar-refractivity contribution in [1.82, 2.24) is 44.9 Å². The summed E-state index contributed by atoms with van der Waals surface area (Å²) in [6, 6.07) is 15.7. The van der Waals surface area contributed by atoms with Crippen molar-refractivity contribution in [2.24, 2.45) is 35.5 Å². The third kappa shape index (κ3) is 14.0. The van der Waals surface area contributed by atoms with Crippen molar-refractivity contribution in [2.75, 3.05) is 0 Å². The Morgan fingerprint density at radius 3 is 1.04 bits per heavy atom. The minimum Gasteiger partial charge on any atom is -0.481 e. The molecule has 6 heterocycles. The maximum Gasteiger partial charge on any atom is 2.00 e. The van der Waals surface area contributed by atoms with Crippen LogP contribution in [0.25, 0.3) is 89.7 Å². The van der Waals surface area contributed by atoms with E-state index in [1.807, 2.05) is 12.1 Å². The Bertz CT molecular complexity index is 4370. The van der Waals surface area contributed by atoms with Gasteiger partial charge in [0.2, 0.25) is 0 Å². The molecule has 10 rings (SSSR count). The molecule has 1 fully saturated rings. The number of hydrogen-bond donors (Lipinski definition) is 6. The van der Waals surface area contributed by atoms with Crippen LogP contribution in [0.2, 0.25) is 0 Å². The Hall–Kier alpha value is -9.71. The van der Waals surface area contributed by atoms with E-state index in [-0.39, 0.29) is 123 Å². The van der Waals surface area contributed by atoms with Crippen molar-refractivity contribution >= 4 is 97.7 Å². The summed E-state index contributed by atoms with van der Waals surface area (Å²) in [4.78, 5) is 157. The molecule has 7 aromatic rings. The molecule has 26 heteroatoms. The van der Waals surface area contributed by atoms with E-state index in [1.54, 1.807) is 42.5 Å². The smallest absolute Gasteiger partial charge is 0.481 e. The number of imide groups is 1. The molecule has 0 radical (unpaired) electrons. The molecule has 0 saturated carbocycles. The molecule has 6 unspecified atom stereocenters. The zero-order valence-electron chi connectivity index (χ0n) is 50.6. The largest absolute Gasteiger partial charge is 2.00 e. The molecule has 2 amide bonds. The predicted molar refractivity (Wildman–Crippen MR) is 322 cm³/mol. The average molecular weight is 1290 g/mol. The molecule has 3 aromatic heterocycles. The van der Waals surface area contributed by atoms with E-state index >= 15 is 0 Å². The standard InChI is InChI=1S/C65H65N9O16.Zn/c1-28(60(78)79)15-35-22-43-44(23-36(35)16-29(2)61(80)81)56-69-54(43)67-52-41-12-11-34(9-7-8-10-51(77)90-74-49(75)13-14-50(74)76)21-42(41)53(66-52)68-55-45-24-37(17-30(3)62(82)83)38(18-31(4)63(84)85)25-46(45)57(70-55)72-59-48-27-40(20-33(6)65(88)89)39(19-32(5)64(86)87)26-47(48)58(71-56)73-59;/h11-12,21-33H,7-10,13-20H2,1-6H3,(H8,66,67,68,69,70,71,72,73,78,79,80,81,82,83,84,85,86,87,88,89);/q;+2/p-2. The van der Waals surface area contributed by atoms with Crippen LogP contribution in [0.15, 0.2) is 54.6 Å². The van der Waals surface area contributed by atoms with Gasteiger partial charge in [-0.2, -0.15) is 0 Å². The predicted octanol–water partition coefficient (Wildman–Crippen LogP) is 8.02. The molecule has 91 heavy (non-hydrogen) atoms. The van der Waals surface area contributed by atoms with Crippen LogP contribution >= 0.6 is 0 Å². The first-order valence-corrected chi connectivity index (χ1v) is 29.5. The Balaban J connectivity index is 0.00000980. The molecule has 3 aliphatic heterocycles. The third-order valence-corrected chi connectivity index (χ3v) is 16.7. The minimum absolute atomic E-state index is 0. The number of unbranched alkanes of at least 4 members (excludes halogenated alkanes) is 1. The summed E-state index contributed by atoms with van der Waals surface area (Å²) in [6.45, 7) is 9.17. The number of carboxylic acids is 6. The normalized spacial score (nSPS) is 14.6. The number of amides is 2. The van der Waals surface area contributed by atoms with Crippen LogP contribution in [0.3, 0.4) is 0 Å². The van der Waals surface area contributed by atoms with Crippen molar-refractivity contribution in [3.05, 3.63) is 93.5 Å². The van der Waals surface area contributed by atoms with E-state index in [0.29, 0.717) is 102 Å². The summed E-state index contributed by atoms with van der Waals surface area (Å²) in [5, 5.41) is 63.1. The molecule has 3 aliphatic rings. The van der Waals surface area contributed by atoms with Crippen molar-refractivity contribution < 1.29 is 98.1 Å². The molecule has 6 atom stereocenters. The van der Waals surface area contributed by atoms with Crippen molar-refractivity contribution in [3.63, 3.8) is 0 Å². The number of fused-ring (bicyclic) bond motifs is 20. The minimum atomic E-state index is -1.10. The van der Waals surface area contributed by atoms with Crippen molar-refractivity contribution in [1.29, 1.82) is 0 Å². The van der Waals surface area contributed by atoms with E-state index in [0.717, 1.165) is 5.56 Å². The maximum atomic E-state index is 12.7. The van der Waals surface area contributed by atoms with Crippen molar-refractivity contribution in [3.8, 4) is 45.6 Å². The first kappa shape index (κ1) is 65.7. The quantitative estimate of drug-likeness (QED) is 0.0189. The van der Waals surface area contributed by atoms with E-state index in [9.17, 15) is 73.8 Å². The van der Waals surface area contributed by atoms with Gasteiger partial charge in [0.25, 0.3) is 11.8 Å². The van der Waals surface area contributed by atoms with Crippen LogP contribution in [0.1, 0.15) is 113 Å². The summed E-state index contributed by atoms with van der Waals surface area (Å²) in [7, 11) is 0. The molecular weight excluding hydrogens is 1230 g/mol. The summed E-state index contributed by atoms with van der Waals surface area (Å²) in [5.74, 6) is -13.8. The summed E-state index contributed by atoms with van der Waals surface area (Å²) in [5.41, 5.74) is 5.54. The zero-order valence-corrected chi connectivity index (χ0v) is 53.6. The average Bonchev–Trinajstić information content (AvgIpc) is 1.61. The van der Waals surface area contributed by atoms with Gasteiger partial charge in [-0.05, 0) is 155 Å². The summed E-state index contributed by atoms with van der Waals surface area (Å²) >= 11 is 0. The molecular formula is C65H63N9O16Zn. The molecule has 4 aromatic carbocycles. The van der Waals surface area contributed by atoms with Crippen LogP contribution in [0.4, 0.5) is 0 Å². The number of carbonyl (C=O) groups excluding carboxylic acids is 3. The number of rotatable bonds is 24. The van der Waals surface area contributed by atoms with Gasteiger partial charge in [-0.15, -0.1) is 5.06 Å². The van der Waals surface area contributed by atoms with Gasteiger partial charge in [0, 0.05) is 64.1 Å². The number of carboxylic acid groups (broad SMARTS) is 6. The number of carbonyl (C=O) groups is 9. The molecule has 8 bridgehead atoms. The number of hydroxylamine groups is 2. The number of nitrogens with zero attached hydrogens (tertiary/aromatic N) is 9. The molecule has 25 nitrogen and oxygen atoms in total. The molecule has 1 saturated heterocycles. The maximum absolute atomic E-state index is 12.7. The number of hydrogen-bond acceptors (Lipinski definition) is 16. The van der Waals surface area contributed by atoms with E-state index in [1.165, 1.54) is 41.5 Å². The second-order valence-electron chi connectivity index (χ2n) is 23.8. The Morgan fingerprint density at radius 1 is 0.429 bits per heavy atom. The number of aryl methyl sites for hydroxylation is 1. The second kappa shape index (κ2) is 26.8.